The summed E-state index contributed by atoms with van der Waals surface area (Å²) in [7, 11) is 0. The second kappa shape index (κ2) is 6.66. The Morgan fingerprint density at radius 2 is 1.67 bits per heavy atom. The van der Waals surface area contributed by atoms with Gasteiger partial charge in [0.15, 0.2) is 0 Å². The second-order valence-electron chi connectivity index (χ2n) is 4.87. The van der Waals surface area contributed by atoms with Crippen molar-refractivity contribution < 1.29 is 0 Å². The minimum absolute atomic E-state index is 0.703. The smallest absolute Gasteiger partial charge is 0.115 e. The SMILES string of the molecule is c1ccc(Cc2ccccc2NCc2ccncn2)cc1. The first-order chi connectivity index (χ1) is 10.4. The molecule has 3 aromatic rings. The minimum atomic E-state index is 0.703. The molecule has 3 rings (SSSR count). The van der Waals surface area contributed by atoms with Gasteiger partial charge in [0.1, 0.15) is 6.33 Å². The van der Waals surface area contributed by atoms with E-state index in [-0.39, 0.29) is 0 Å². The molecule has 0 unspecified atom stereocenters. The molecule has 0 atom stereocenters. The van der Waals surface area contributed by atoms with Crippen molar-refractivity contribution in [3.8, 4) is 0 Å². The third kappa shape index (κ3) is 3.66. The fourth-order valence-corrected chi connectivity index (χ4v) is 2.27. The first kappa shape index (κ1) is 13.3. The van der Waals surface area contributed by atoms with Crippen molar-refractivity contribution in [1.82, 2.24) is 9.97 Å². The van der Waals surface area contributed by atoms with E-state index in [2.05, 4.69) is 63.8 Å². The van der Waals surface area contributed by atoms with Gasteiger partial charge in [-0.05, 0) is 29.7 Å². The average Bonchev–Trinajstić information content (AvgIpc) is 2.56. The molecule has 0 saturated carbocycles. The van der Waals surface area contributed by atoms with Gasteiger partial charge in [-0.3, -0.25) is 0 Å². The van der Waals surface area contributed by atoms with Crippen LogP contribution in [-0.4, -0.2) is 9.97 Å². The summed E-state index contributed by atoms with van der Waals surface area (Å²) in [4.78, 5) is 8.17. The van der Waals surface area contributed by atoms with Crippen molar-refractivity contribution in [2.75, 3.05) is 5.32 Å². The van der Waals surface area contributed by atoms with E-state index in [0.29, 0.717) is 6.54 Å². The van der Waals surface area contributed by atoms with Crippen LogP contribution in [0.4, 0.5) is 5.69 Å². The maximum Gasteiger partial charge on any atom is 0.115 e. The lowest BCUT2D eigenvalue weighted by Gasteiger charge is -2.12. The number of hydrogen-bond acceptors (Lipinski definition) is 3. The molecular formula is C18H17N3. The van der Waals surface area contributed by atoms with Gasteiger partial charge in [-0.2, -0.15) is 0 Å². The van der Waals surface area contributed by atoms with Crippen molar-refractivity contribution in [2.24, 2.45) is 0 Å². The van der Waals surface area contributed by atoms with Gasteiger partial charge in [0.2, 0.25) is 0 Å². The van der Waals surface area contributed by atoms with E-state index in [9.17, 15) is 0 Å². The van der Waals surface area contributed by atoms with Crippen LogP contribution in [0.3, 0.4) is 0 Å². The molecule has 2 aromatic carbocycles. The number of benzene rings is 2. The Bertz CT molecular complexity index is 681. The van der Waals surface area contributed by atoms with Gasteiger partial charge in [-0.1, -0.05) is 48.5 Å². The quantitative estimate of drug-likeness (QED) is 0.772. The molecule has 3 heteroatoms. The molecule has 0 bridgehead atoms. The lowest BCUT2D eigenvalue weighted by molar-refractivity contribution is 1.00. The summed E-state index contributed by atoms with van der Waals surface area (Å²) in [6.07, 6.45) is 4.26. The number of nitrogens with one attached hydrogen (secondary N) is 1. The molecule has 0 radical (unpaired) electrons. The third-order valence-corrected chi connectivity index (χ3v) is 3.36. The molecule has 1 aromatic heterocycles. The van der Waals surface area contributed by atoms with Gasteiger partial charge < -0.3 is 5.32 Å². The predicted molar refractivity (Wildman–Crippen MR) is 85.0 cm³/mol. The van der Waals surface area contributed by atoms with Gasteiger partial charge in [0, 0.05) is 11.9 Å². The molecule has 0 fully saturated rings. The predicted octanol–water partition coefficient (Wildman–Crippen LogP) is 3.68. The summed E-state index contributed by atoms with van der Waals surface area (Å²) in [5.74, 6) is 0. The van der Waals surface area contributed by atoms with Crippen molar-refractivity contribution in [2.45, 2.75) is 13.0 Å². The molecule has 0 aliphatic heterocycles. The van der Waals surface area contributed by atoms with Crippen LogP contribution in [0.2, 0.25) is 0 Å². The van der Waals surface area contributed by atoms with Crippen LogP contribution in [0.5, 0.6) is 0 Å². The molecule has 0 aliphatic rings. The highest BCUT2D eigenvalue weighted by Gasteiger charge is 2.03. The van der Waals surface area contributed by atoms with Crippen molar-refractivity contribution in [1.29, 1.82) is 0 Å². The summed E-state index contributed by atoms with van der Waals surface area (Å²) in [6, 6.07) is 20.8. The highest BCUT2D eigenvalue weighted by Crippen LogP contribution is 2.19. The first-order valence-corrected chi connectivity index (χ1v) is 7.02. The zero-order valence-electron chi connectivity index (χ0n) is 11.7. The number of nitrogens with zero attached hydrogens (tertiary/aromatic N) is 2. The number of hydrogen-bond donors (Lipinski definition) is 1. The maximum absolute atomic E-state index is 4.23. The zero-order chi connectivity index (χ0) is 14.3. The van der Waals surface area contributed by atoms with Crippen LogP contribution in [0.15, 0.2) is 73.2 Å². The molecule has 1 heterocycles. The van der Waals surface area contributed by atoms with Crippen LogP contribution < -0.4 is 5.32 Å². The van der Waals surface area contributed by atoms with E-state index in [0.717, 1.165) is 17.8 Å². The molecule has 0 aliphatic carbocycles. The Hall–Kier alpha value is -2.68. The summed E-state index contributed by atoms with van der Waals surface area (Å²) in [5, 5.41) is 3.46. The van der Waals surface area contributed by atoms with E-state index in [1.807, 2.05) is 12.1 Å². The fourth-order valence-electron chi connectivity index (χ4n) is 2.27. The summed E-state index contributed by atoms with van der Waals surface area (Å²) in [6.45, 7) is 0.703. The monoisotopic (exact) mass is 275 g/mol. The van der Waals surface area contributed by atoms with E-state index >= 15 is 0 Å². The third-order valence-electron chi connectivity index (χ3n) is 3.36. The van der Waals surface area contributed by atoms with Crippen molar-refractivity contribution in [3.63, 3.8) is 0 Å². The summed E-state index contributed by atoms with van der Waals surface area (Å²) < 4.78 is 0. The van der Waals surface area contributed by atoms with Gasteiger partial charge in [0.05, 0.1) is 12.2 Å². The molecule has 104 valence electrons. The van der Waals surface area contributed by atoms with E-state index in [4.69, 9.17) is 0 Å². The fraction of sp³-hybridized carbons (Fsp3) is 0.111. The topological polar surface area (TPSA) is 37.8 Å². The number of para-hydroxylation sites is 1. The van der Waals surface area contributed by atoms with E-state index in [1.165, 1.54) is 11.1 Å². The molecule has 21 heavy (non-hydrogen) atoms. The minimum Gasteiger partial charge on any atom is -0.379 e. The normalized spacial score (nSPS) is 10.3. The molecule has 3 nitrogen and oxygen atoms in total. The average molecular weight is 275 g/mol. The standard InChI is InChI=1S/C18H17N3/c1-2-6-15(7-3-1)12-16-8-4-5-9-18(16)20-13-17-10-11-19-14-21-17/h1-11,14,20H,12-13H2. The van der Waals surface area contributed by atoms with E-state index < -0.39 is 0 Å². The summed E-state index contributed by atoms with van der Waals surface area (Å²) in [5.41, 5.74) is 4.74. The Labute approximate surface area is 124 Å². The number of rotatable bonds is 5. The highest BCUT2D eigenvalue weighted by atomic mass is 14.9. The molecular weight excluding hydrogens is 258 g/mol. The Balaban J connectivity index is 1.73. The lowest BCUT2D eigenvalue weighted by atomic mass is 10.0. The number of anilines is 1. The molecule has 0 spiro atoms. The highest BCUT2D eigenvalue weighted by molar-refractivity contribution is 5.52. The van der Waals surface area contributed by atoms with Crippen molar-refractivity contribution in [3.05, 3.63) is 90.0 Å². The van der Waals surface area contributed by atoms with E-state index in [1.54, 1.807) is 12.5 Å². The Kier molecular flexibility index (Phi) is 4.22. The Morgan fingerprint density at radius 1 is 0.857 bits per heavy atom. The summed E-state index contributed by atoms with van der Waals surface area (Å²) >= 11 is 0. The largest absolute Gasteiger partial charge is 0.379 e. The van der Waals surface area contributed by atoms with Gasteiger partial charge >= 0.3 is 0 Å². The van der Waals surface area contributed by atoms with Crippen LogP contribution in [0, 0.1) is 0 Å². The van der Waals surface area contributed by atoms with Gasteiger partial charge in [-0.25, -0.2) is 9.97 Å². The first-order valence-electron chi connectivity index (χ1n) is 7.02. The molecule has 0 amide bonds. The molecule has 0 saturated heterocycles. The van der Waals surface area contributed by atoms with Crippen LogP contribution in [0.1, 0.15) is 16.8 Å². The molecule has 1 N–H and O–H groups in total. The van der Waals surface area contributed by atoms with Crippen LogP contribution >= 0.6 is 0 Å². The zero-order valence-corrected chi connectivity index (χ0v) is 11.7. The van der Waals surface area contributed by atoms with Gasteiger partial charge in [-0.15, -0.1) is 0 Å². The Morgan fingerprint density at radius 3 is 2.48 bits per heavy atom. The van der Waals surface area contributed by atoms with Crippen molar-refractivity contribution >= 4 is 5.69 Å². The maximum atomic E-state index is 4.23. The van der Waals surface area contributed by atoms with Crippen LogP contribution in [0.25, 0.3) is 0 Å². The number of aromatic nitrogens is 2. The van der Waals surface area contributed by atoms with Crippen LogP contribution in [-0.2, 0) is 13.0 Å². The van der Waals surface area contributed by atoms with Gasteiger partial charge in [0.25, 0.3) is 0 Å². The second-order valence-corrected chi connectivity index (χ2v) is 4.87. The lowest BCUT2D eigenvalue weighted by Crippen LogP contribution is -2.04.